The number of amides is 1. The van der Waals surface area contributed by atoms with E-state index in [2.05, 4.69) is 23.3 Å². The highest BCUT2D eigenvalue weighted by atomic mass is 16.5. The Labute approximate surface area is 152 Å². The molecule has 5 nitrogen and oxygen atoms in total. The molecule has 1 heterocycles. The standard InChI is InChI=1S/C21H21N3O2/c1-2-15-6-3-8-17(12-15)26-18-9-4-7-16(13-18)14-24-21(25)19-10-5-11-23-20(19)22/h3-13H,2,14H2,1H3,(H2,22,23)(H,24,25). The van der Waals surface area contributed by atoms with Crippen LogP contribution in [0.25, 0.3) is 0 Å². The van der Waals surface area contributed by atoms with Crippen LogP contribution in [-0.2, 0) is 13.0 Å². The molecule has 3 aromatic rings. The van der Waals surface area contributed by atoms with Gasteiger partial charge in [-0.25, -0.2) is 4.98 Å². The minimum Gasteiger partial charge on any atom is -0.457 e. The number of pyridine rings is 1. The Morgan fingerprint density at radius 3 is 2.42 bits per heavy atom. The Morgan fingerprint density at radius 1 is 1.04 bits per heavy atom. The molecule has 0 saturated heterocycles. The van der Waals surface area contributed by atoms with Crippen LogP contribution in [-0.4, -0.2) is 10.9 Å². The lowest BCUT2D eigenvalue weighted by Gasteiger charge is -2.10. The summed E-state index contributed by atoms with van der Waals surface area (Å²) in [6.07, 6.45) is 2.52. The van der Waals surface area contributed by atoms with Crippen molar-refractivity contribution in [2.24, 2.45) is 0 Å². The summed E-state index contributed by atoms with van der Waals surface area (Å²) in [5.41, 5.74) is 8.26. The van der Waals surface area contributed by atoms with Crippen LogP contribution >= 0.6 is 0 Å². The van der Waals surface area contributed by atoms with E-state index in [4.69, 9.17) is 10.5 Å². The smallest absolute Gasteiger partial charge is 0.255 e. The summed E-state index contributed by atoms with van der Waals surface area (Å²) in [6, 6.07) is 19.0. The van der Waals surface area contributed by atoms with E-state index in [9.17, 15) is 4.79 Å². The van der Waals surface area contributed by atoms with Crippen molar-refractivity contribution in [2.45, 2.75) is 19.9 Å². The third kappa shape index (κ3) is 4.39. The van der Waals surface area contributed by atoms with Gasteiger partial charge in [0, 0.05) is 12.7 Å². The first kappa shape index (κ1) is 17.5. The number of ether oxygens (including phenoxy) is 1. The molecule has 26 heavy (non-hydrogen) atoms. The second-order valence-corrected chi connectivity index (χ2v) is 5.87. The van der Waals surface area contributed by atoms with Crippen LogP contribution < -0.4 is 15.8 Å². The summed E-state index contributed by atoms with van der Waals surface area (Å²) in [6.45, 7) is 2.48. The van der Waals surface area contributed by atoms with E-state index in [1.165, 1.54) is 5.56 Å². The van der Waals surface area contributed by atoms with Crippen molar-refractivity contribution in [3.8, 4) is 11.5 Å². The highest BCUT2D eigenvalue weighted by molar-refractivity contribution is 5.98. The zero-order valence-corrected chi connectivity index (χ0v) is 14.6. The maximum Gasteiger partial charge on any atom is 0.255 e. The van der Waals surface area contributed by atoms with Crippen LogP contribution in [0.1, 0.15) is 28.4 Å². The number of aryl methyl sites for hydroxylation is 1. The van der Waals surface area contributed by atoms with Crippen LogP contribution in [0.2, 0.25) is 0 Å². The number of anilines is 1. The van der Waals surface area contributed by atoms with Crippen LogP contribution in [0.3, 0.4) is 0 Å². The molecular formula is C21H21N3O2. The van der Waals surface area contributed by atoms with Gasteiger partial charge in [-0.1, -0.05) is 31.2 Å². The van der Waals surface area contributed by atoms with Crippen LogP contribution in [0.4, 0.5) is 5.82 Å². The van der Waals surface area contributed by atoms with Gasteiger partial charge in [0.2, 0.25) is 0 Å². The van der Waals surface area contributed by atoms with Gasteiger partial charge in [-0.3, -0.25) is 4.79 Å². The predicted molar refractivity (Wildman–Crippen MR) is 102 cm³/mol. The predicted octanol–water partition coefficient (Wildman–Crippen LogP) is 3.95. The van der Waals surface area contributed by atoms with Crippen molar-refractivity contribution in [3.63, 3.8) is 0 Å². The molecule has 5 heteroatoms. The summed E-state index contributed by atoms with van der Waals surface area (Å²) in [5.74, 6) is 1.50. The molecule has 0 unspecified atom stereocenters. The van der Waals surface area contributed by atoms with Crippen molar-refractivity contribution in [2.75, 3.05) is 5.73 Å². The van der Waals surface area contributed by atoms with Gasteiger partial charge in [-0.05, 0) is 53.9 Å². The maximum atomic E-state index is 12.2. The summed E-state index contributed by atoms with van der Waals surface area (Å²) in [5, 5.41) is 2.85. The lowest BCUT2D eigenvalue weighted by Crippen LogP contribution is -2.24. The first-order valence-electron chi connectivity index (χ1n) is 8.50. The van der Waals surface area contributed by atoms with E-state index in [0.717, 1.165) is 23.5 Å². The van der Waals surface area contributed by atoms with E-state index in [-0.39, 0.29) is 11.7 Å². The Kier molecular flexibility index (Phi) is 5.49. The molecule has 0 bridgehead atoms. The second kappa shape index (κ2) is 8.16. The molecule has 0 fully saturated rings. The van der Waals surface area contributed by atoms with Gasteiger partial charge in [-0.15, -0.1) is 0 Å². The highest BCUT2D eigenvalue weighted by Gasteiger charge is 2.09. The largest absolute Gasteiger partial charge is 0.457 e. The molecule has 132 valence electrons. The van der Waals surface area contributed by atoms with E-state index in [1.54, 1.807) is 18.3 Å². The van der Waals surface area contributed by atoms with Crippen molar-refractivity contribution in [3.05, 3.63) is 83.6 Å². The Balaban J connectivity index is 1.65. The number of nitrogens with zero attached hydrogens (tertiary/aromatic N) is 1. The van der Waals surface area contributed by atoms with Gasteiger partial charge < -0.3 is 15.8 Å². The van der Waals surface area contributed by atoms with Gasteiger partial charge in [0.15, 0.2) is 0 Å². The Bertz CT molecular complexity index is 909. The highest BCUT2D eigenvalue weighted by Crippen LogP contribution is 2.23. The Hall–Kier alpha value is -3.34. The zero-order chi connectivity index (χ0) is 18.4. The number of nitrogens with two attached hydrogens (primary N) is 1. The molecule has 0 aliphatic rings. The fraction of sp³-hybridized carbons (Fsp3) is 0.143. The second-order valence-electron chi connectivity index (χ2n) is 5.87. The molecule has 0 radical (unpaired) electrons. The fourth-order valence-corrected chi connectivity index (χ4v) is 2.57. The number of nitrogen functional groups attached to an aromatic ring is 1. The lowest BCUT2D eigenvalue weighted by molar-refractivity contribution is 0.0951. The summed E-state index contributed by atoms with van der Waals surface area (Å²) in [4.78, 5) is 16.2. The quantitative estimate of drug-likeness (QED) is 0.708. The van der Waals surface area contributed by atoms with Crippen LogP contribution in [0, 0.1) is 0 Å². The van der Waals surface area contributed by atoms with Gasteiger partial charge in [0.1, 0.15) is 17.3 Å². The minimum absolute atomic E-state index is 0.220. The van der Waals surface area contributed by atoms with E-state index in [1.807, 2.05) is 42.5 Å². The van der Waals surface area contributed by atoms with Crippen molar-refractivity contribution < 1.29 is 9.53 Å². The topological polar surface area (TPSA) is 77.2 Å². The molecule has 2 aromatic carbocycles. The molecule has 1 amide bonds. The number of carbonyl (C=O) groups excluding carboxylic acids is 1. The molecule has 0 saturated carbocycles. The number of hydrogen-bond donors (Lipinski definition) is 2. The number of carbonyl (C=O) groups is 1. The summed E-state index contributed by atoms with van der Waals surface area (Å²) < 4.78 is 5.93. The van der Waals surface area contributed by atoms with E-state index >= 15 is 0 Å². The number of nitrogens with one attached hydrogen (secondary N) is 1. The summed E-state index contributed by atoms with van der Waals surface area (Å²) >= 11 is 0. The van der Waals surface area contributed by atoms with Crippen molar-refractivity contribution >= 4 is 11.7 Å². The third-order valence-electron chi connectivity index (χ3n) is 3.98. The van der Waals surface area contributed by atoms with Gasteiger partial charge >= 0.3 is 0 Å². The first-order chi connectivity index (χ1) is 12.7. The number of benzene rings is 2. The SMILES string of the molecule is CCc1cccc(Oc2cccc(CNC(=O)c3cccnc3N)c2)c1. The molecule has 3 rings (SSSR count). The zero-order valence-electron chi connectivity index (χ0n) is 14.6. The Morgan fingerprint density at radius 2 is 1.73 bits per heavy atom. The number of rotatable bonds is 6. The minimum atomic E-state index is -0.252. The lowest BCUT2D eigenvalue weighted by atomic mass is 10.1. The summed E-state index contributed by atoms with van der Waals surface area (Å²) in [7, 11) is 0. The monoisotopic (exact) mass is 347 g/mol. The maximum absolute atomic E-state index is 12.2. The molecule has 0 aliphatic heterocycles. The van der Waals surface area contributed by atoms with Crippen LogP contribution in [0.5, 0.6) is 11.5 Å². The van der Waals surface area contributed by atoms with Crippen LogP contribution in [0.15, 0.2) is 66.9 Å². The number of hydrogen-bond acceptors (Lipinski definition) is 4. The van der Waals surface area contributed by atoms with Gasteiger partial charge in [0.25, 0.3) is 5.91 Å². The molecule has 0 atom stereocenters. The average Bonchev–Trinajstić information content (AvgIpc) is 2.67. The van der Waals surface area contributed by atoms with Gasteiger partial charge in [0.05, 0.1) is 5.56 Å². The van der Waals surface area contributed by atoms with Crippen molar-refractivity contribution in [1.82, 2.24) is 10.3 Å². The van der Waals surface area contributed by atoms with Crippen molar-refractivity contribution in [1.29, 1.82) is 0 Å². The molecule has 3 N–H and O–H groups in total. The normalized spacial score (nSPS) is 10.3. The molecule has 1 aromatic heterocycles. The third-order valence-corrected chi connectivity index (χ3v) is 3.98. The first-order valence-corrected chi connectivity index (χ1v) is 8.50. The molecule has 0 aliphatic carbocycles. The van der Waals surface area contributed by atoms with E-state index in [0.29, 0.717) is 12.1 Å². The van der Waals surface area contributed by atoms with Gasteiger partial charge in [-0.2, -0.15) is 0 Å². The average molecular weight is 347 g/mol. The fourth-order valence-electron chi connectivity index (χ4n) is 2.57. The van der Waals surface area contributed by atoms with E-state index < -0.39 is 0 Å². The number of aromatic nitrogens is 1. The molecular weight excluding hydrogens is 326 g/mol. The molecule has 0 spiro atoms.